The maximum Gasteiger partial charge on any atom is 0.132 e. The largest absolute Gasteiger partial charge is 0.485 e. The van der Waals surface area contributed by atoms with Crippen molar-refractivity contribution in [3.63, 3.8) is 0 Å². The van der Waals surface area contributed by atoms with E-state index in [1.807, 2.05) is 0 Å². The molecule has 0 atom stereocenters. The first-order valence-electron chi connectivity index (χ1n) is 4.58. The van der Waals surface area contributed by atoms with Gasteiger partial charge in [0.2, 0.25) is 0 Å². The van der Waals surface area contributed by atoms with Crippen molar-refractivity contribution >= 4 is 27.5 Å². The first-order chi connectivity index (χ1) is 6.98. The molecule has 0 aromatic heterocycles. The summed E-state index contributed by atoms with van der Waals surface area (Å²) in [4.78, 5) is 0. The zero-order chi connectivity index (χ0) is 11.5. The minimum Gasteiger partial charge on any atom is -0.485 e. The summed E-state index contributed by atoms with van der Waals surface area (Å²) in [5.74, 6) is 0.666. The molecule has 1 aromatic carbocycles. The number of rotatable bonds is 4. The van der Waals surface area contributed by atoms with Crippen LogP contribution in [0.1, 0.15) is 19.4 Å². The average Bonchev–Trinajstić information content (AvgIpc) is 2.20. The second-order valence-corrected chi connectivity index (χ2v) is 4.88. The highest BCUT2D eigenvalue weighted by molar-refractivity contribution is 9.08. The van der Waals surface area contributed by atoms with Gasteiger partial charge >= 0.3 is 0 Å². The lowest BCUT2D eigenvalue weighted by Gasteiger charge is -2.24. The molecular weight excluding hydrogens is 282 g/mol. The van der Waals surface area contributed by atoms with Gasteiger partial charge in [-0.05, 0) is 32.0 Å². The van der Waals surface area contributed by atoms with Gasteiger partial charge in [-0.2, -0.15) is 0 Å². The quantitative estimate of drug-likeness (QED) is 0.750. The molecule has 0 fully saturated rings. The Labute approximate surface area is 103 Å². The van der Waals surface area contributed by atoms with E-state index in [0.717, 1.165) is 5.56 Å². The molecule has 15 heavy (non-hydrogen) atoms. The van der Waals surface area contributed by atoms with Crippen molar-refractivity contribution in [2.24, 2.45) is 0 Å². The SMILES string of the molecule is CC(C)(CF)Oc1ccc(Cl)cc1CBr. The third kappa shape index (κ3) is 3.65. The monoisotopic (exact) mass is 294 g/mol. The standard InChI is InChI=1S/C11H13BrClFO/c1-11(2,7-14)15-10-4-3-9(13)5-8(10)6-12/h3-5H,6-7H2,1-2H3. The molecule has 0 aliphatic carbocycles. The van der Waals surface area contributed by atoms with Crippen molar-refractivity contribution in [3.05, 3.63) is 28.8 Å². The number of hydrogen-bond acceptors (Lipinski definition) is 1. The van der Waals surface area contributed by atoms with Crippen molar-refractivity contribution in [1.82, 2.24) is 0 Å². The maximum atomic E-state index is 12.6. The number of ether oxygens (including phenoxy) is 1. The van der Waals surface area contributed by atoms with Crippen LogP contribution in [0, 0.1) is 0 Å². The van der Waals surface area contributed by atoms with Crippen molar-refractivity contribution in [3.8, 4) is 5.75 Å². The highest BCUT2D eigenvalue weighted by atomic mass is 79.9. The van der Waals surface area contributed by atoms with Crippen LogP contribution in [0.2, 0.25) is 5.02 Å². The first kappa shape index (κ1) is 12.8. The van der Waals surface area contributed by atoms with Crippen LogP contribution >= 0.6 is 27.5 Å². The molecule has 0 bridgehead atoms. The van der Waals surface area contributed by atoms with Gasteiger partial charge in [0.1, 0.15) is 18.0 Å². The van der Waals surface area contributed by atoms with Gasteiger partial charge in [-0.3, -0.25) is 0 Å². The lowest BCUT2D eigenvalue weighted by atomic mass is 10.1. The van der Waals surface area contributed by atoms with E-state index in [9.17, 15) is 4.39 Å². The highest BCUT2D eigenvalue weighted by Crippen LogP contribution is 2.28. The molecule has 0 aliphatic rings. The van der Waals surface area contributed by atoms with Gasteiger partial charge < -0.3 is 4.74 Å². The molecule has 0 saturated carbocycles. The molecule has 1 aromatic rings. The summed E-state index contributed by atoms with van der Waals surface area (Å²) in [6.07, 6.45) is 0. The Morgan fingerprint density at radius 2 is 2.13 bits per heavy atom. The van der Waals surface area contributed by atoms with Crippen LogP contribution < -0.4 is 4.74 Å². The van der Waals surface area contributed by atoms with E-state index in [1.165, 1.54) is 0 Å². The van der Waals surface area contributed by atoms with Gasteiger partial charge in [0, 0.05) is 15.9 Å². The minimum atomic E-state index is -0.801. The summed E-state index contributed by atoms with van der Waals surface area (Å²) in [6, 6.07) is 5.30. The molecule has 0 amide bonds. The maximum absolute atomic E-state index is 12.6. The third-order valence-corrected chi connectivity index (χ3v) is 2.71. The van der Waals surface area contributed by atoms with E-state index >= 15 is 0 Å². The normalized spacial score (nSPS) is 11.5. The van der Waals surface area contributed by atoms with E-state index in [2.05, 4.69) is 15.9 Å². The van der Waals surface area contributed by atoms with Crippen LogP contribution in [0.4, 0.5) is 4.39 Å². The van der Waals surface area contributed by atoms with Gasteiger partial charge in [0.05, 0.1) is 0 Å². The molecule has 0 N–H and O–H groups in total. The molecule has 0 unspecified atom stereocenters. The van der Waals surface area contributed by atoms with Crippen molar-refractivity contribution in [1.29, 1.82) is 0 Å². The van der Waals surface area contributed by atoms with Crippen molar-refractivity contribution < 1.29 is 9.13 Å². The van der Waals surface area contributed by atoms with Gasteiger partial charge in [-0.1, -0.05) is 27.5 Å². The second kappa shape index (κ2) is 5.17. The minimum absolute atomic E-state index is 0.530. The summed E-state index contributed by atoms with van der Waals surface area (Å²) < 4.78 is 18.2. The van der Waals surface area contributed by atoms with Crippen LogP contribution in [0.25, 0.3) is 0 Å². The third-order valence-electron chi connectivity index (χ3n) is 1.87. The Morgan fingerprint density at radius 3 is 2.67 bits per heavy atom. The average molecular weight is 296 g/mol. The summed E-state index contributed by atoms with van der Waals surface area (Å²) in [5, 5.41) is 1.28. The fourth-order valence-electron chi connectivity index (χ4n) is 1.08. The molecule has 1 nitrogen and oxygen atoms in total. The van der Waals surface area contributed by atoms with E-state index < -0.39 is 12.3 Å². The number of benzene rings is 1. The van der Waals surface area contributed by atoms with Crippen molar-refractivity contribution in [2.75, 3.05) is 6.67 Å². The zero-order valence-corrected chi connectivity index (χ0v) is 11.0. The predicted molar refractivity (Wildman–Crippen MR) is 64.8 cm³/mol. The Morgan fingerprint density at radius 1 is 1.47 bits per heavy atom. The van der Waals surface area contributed by atoms with Crippen LogP contribution in [0.15, 0.2) is 18.2 Å². The summed E-state index contributed by atoms with van der Waals surface area (Å²) in [5.41, 5.74) is 0.120. The van der Waals surface area contributed by atoms with Crippen LogP contribution in [-0.4, -0.2) is 12.3 Å². The Balaban J connectivity index is 2.94. The van der Waals surface area contributed by atoms with Gasteiger partial charge in [-0.25, -0.2) is 4.39 Å². The number of hydrogen-bond donors (Lipinski definition) is 0. The number of halogens is 3. The Kier molecular flexibility index (Phi) is 4.41. The molecule has 4 heteroatoms. The van der Waals surface area contributed by atoms with Gasteiger partial charge in [-0.15, -0.1) is 0 Å². The fraction of sp³-hybridized carbons (Fsp3) is 0.455. The van der Waals surface area contributed by atoms with Crippen LogP contribution in [0.5, 0.6) is 5.75 Å². The molecule has 0 radical (unpaired) electrons. The Bertz CT molecular complexity index is 341. The molecule has 1 rings (SSSR count). The van der Waals surface area contributed by atoms with E-state index in [0.29, 0.717) is 16.1 Å². The predicted octanol–water partition coefficient (Wildman–Crippen LogP) is 4.36. The summed E-state index contributed by atoms with van der Waals surface area (Å²) in [6.45, 7) is 2.89. The van der Waals surface area contributed by atoms with Gasteiger partial charge in [0.15, 0.2) is 0 Å². The Hall–Kier alpha value is -0.280. The summed E-state index contributed by atoms with van der Waals surface area (Å²) in [7, 11) is 0. The van der Waals surface area contributed by atoms with Crippen molar-refractivity contribution in [2.45, 2.75) is 24.8 Å². The first-order valence-corrected chi connectivity index (χ1v) is 6.08. The van der Waals surface area contributed by atoms with E-state index in [4.69, 9.17) is 16.3 Å². The van der Waals surface area contributed by atoms with E-state index in [1.54, 1.807) is 32.0 Å². The number of alkyl halides is 2. The lowest BCUT2D eigenvalue weighted by molar-refractivity contribution is 0.0778. The van der Waals surface area contributed by atoms with Crippen LogP contribution in [-0.2, 0) is 5.33 Å². The summed E-state index contributed by atoms with van der Waals surface area (Å²) >= 11 is 9.19. The lowest BCUT2D eigenvalue weighted by Crippen LogP contribution is -2.30. The molecule has 0 saturated heterocycles. The smallest absolute Gasteiger partial charge is 0.132 e. The van der Waals surface area contributed by atoms with E-state index in [-0.39, 0.29) is 0 Å². The topological polar surface area (TPSA) is 9.23 Å². The molecule has 0 heterocycles. The second-order valence-electron chi connectivity index (χ2n) is 3.88. The molecule has 0 aliphatic heterocycles. The van der Waals surface area contributed by atoms with Crippen LogP contribution in [0.3, 0.4) is 0 Å². The molecular formula is C11H13BrClFO. The highest BCUT2D eigenvalue weighted by Gasteiger charge is 2.20. The molecule has 0 spiro atoms. The fourth-order valence-corrected chi connectivity index (χ4v) is 1.71. The zero-order valence-electron chi connectivity index (χ0n) is 8.69. The van der Waals surface area contributed by atoms with Gasteiger partial charge in [0.25, 0.3) is 0 Å². The molecule has 84 valence electrons.